The van der Waals surface area contributed by atoms with Crippen LogP contribution in [0.25, 0.3) is 0 Å². The number of benzene rings is 3. The third kappa shape index (κ3) is 5.88. The second kappa shape index (κ2) is 9.44. The number of carbonyl (C=O) groups excluding carboxylic acids is 1. The summed E-state index contributed by atoms with van der Waals surface area (Å²) >= 11 is 0. The van der Waals surface area contributed by atoms with Crippen LogP contribution in [0.4, 0.5) is 11.4 Å². The summed E-state index contributed by atoms with van der Waals surface area (Å²) in [6.07, 6.45) is -0.717. The summed E-state index contributed by atoms with van der Waals surface area (Å²) in [6, 6.07) is 17.4. The van der Waals surface area contributed by atoms with E-state index in [0.29, 0.717) is 17.1 Å². The fourth-order valence-corrected chi connectivity index (χ4v) is 4.33. The Morgan fingerprint density at radius 2 is 1.44 bits per heavy atom. The third-order valence-electron chi connectivity index (χ3n) is 4.92. The Balaban J connectivity index is 1.66. The Morgan fingerprint density at radius 1 is 0.812 bits per heavy atom. The van der Waals surface area contributed by atoms with Crippen LogP contribution in [0.1, 0.15) is 29.2 Å². The highest BCUT2D eigenvalue weighted by Gasteiger charge is 2.18. The summed E-state index contributed by atoms with van der Waals surface area (Å²) < 4.78 is 33.8. The van der Waals surface area contributed by atoms with Crippen molar-refractivity contribution < 1.29 is 17.9 Å². The summed E-state index contributed by atoms with van der Waals surface area (Å²) in [5, 5.41) is 2.76. The van der Waals surface area contributed by atoms with Crippen LogP contribution < -0.4 is 14.8 Å². The number of sulfonamides is 1. The molecule has 0 radical (unpaired) electrons. The fraction of sp³-hybridized carbons (Fsp3) is 0.240. The minimum Gasteiger partial charge on any atom is -0.481 e. The van der Waals surface area contributed by atoms with E-state index in [2.05, 4.69) is 10.0 Å². The smallest absolute Gasteiger partial charge is 0.265 e. The van der Waals surface area contributed by atoms with Gasteiger partial charge in [-0.1, -0.05) is 18.2 Å². The topological polar surface area (TPSA) is 84.5 Å². The molecule has 7 heteroatoms. The Hall–Kier alpha value is -3.32. The van der Waals surface area contributed by atoms with Crippen LogP contribution in [0.5, 0.6) is 5.75 Å². The van der Waals surface area contributed by atoms with Crippen molar-refractivity contribution >= 4 is 27.3 Å². The minimum absolute atomic E-state index is 0.106. The first kappa shape index (κ1) is 23.3. The lowest BCUT2D eigenvalue weighted by Gasteiger charge is -2.17. The maximum atomic E-state index is 12.7. The predicted octanol–water partition coefficient (Wildman–Crippen LogP) is 5.13. The van der Waals surface area contributed by atoms with Gasteiger partial charge in [-0.05, 0) is 99.3 Å². The molecule has 6 nitrogen and oxygen atoms in total. The first-order valence-electron chi connectivity index (χ1n) is 10.3. The first-order chi connectivity index (χ1) is 15.0. The van der Waals surface area contributed by atoms with Crippen LogP contribution in [0.3, 0.4) is 0 Å². The van der Waals surface area contributed by atoms with Crippen molar-refractivity contribution in [1.29, 1.82) is 0 Å². The quantitative estimate of drug-likeness (QED) is 0.521. The Bertz CT molecular complexity index is 1220. The van der Waals surface area contributed by atoms with E-state index in [9.17, 15) is 13.2 Å². The van der Waals surface area contributed by atoms with E-state index in [0.717, 1.165) is 22.3 Å². The number of rotatable bonds is 7. The van der Waals surface area contributed by atoms with Gasteiger partial charge in [-0.3, -0.25) is 9.52 Å². The van der Waals surface area contributed by atoms with Crippen molar-refractivity contribution in [2.24, 2.45) is 0 Å². The van der Waals surface area contributed by atoms with Gasteiger partial charge in [-0.15, -0.1) is 0 Å². The van der Waals surface area contributed by atoms with Crippen LogP contribution in [0.15, 0.2) is 65.6 Å². The van der Waals surface area contributed by atoms with E-state index in [1.54, 1.807) is 31.2 Å². The highest BCUT2D eigenvalue weighted by atomic mass is 32.2. The predicted molar refractivity (Wildman–Crippen MR) is 128 cm³/mol. The molecule has 3 aromatic carbocycles. The number of carbonyl (C=O) groups is 1. The molecule has 0 fully saturated rings. The third-order valence-corrected chi connectivity index (χ3v) is 6.32. The monoisotopic (exact) mass is 452 g/mol. The van der Waals surface area contributed by atoms with E-state index in [1.165, 1.54) is 12.1 Å². The molecule has 0 aliphatic rings. The van der Waals surface area contributed by atoms with Gasteiger partial charge in [0.2, 0.25) is 0 Å². The summed E-state index contributed by atoms with van der Waals surface area (Å²) in [6.45, 7) is 9.37. The standard InChI is InChI=1S/C25H28N2O4S/c1-16-6-7-19(4)24(15-16)31-20(5)25(28)26-21-8-10-23(11-9-21)32(29,30)27-22-13-17(2)12-18(3)14-22/h6-15,20,27H,1-5H3,(H,26,28). The van der Waals surface area contributed by atoms with Crippen molar-refractivity contribution in [1.82, 2.24) is 0 Å². The summed E-state index contributed by atoms with van der Waals surface area (Å²) in [5.74, 6) is 0.335. The number of hydrogen-bond donors (Lipinski definition) is 2. The average Bonchev–Trinajstić information content (AvgIpc) is 2.70. The van der Waals surface area contributed by atoms with Crippen molar-refractivity contribution in [2.45, 2.75) is 45.6 Å². The van der Waals surface area contributed by atoms with Crippen LogP contribution in [0.2, 0.25) is 0 Å². The highest BCUT2D eigenvalue weighted by Crippen LogP contribution is 2.22. The Kier molecular flexibility index (Phi) is 6.89. The Morgan fingerprint density at radius 3 is 2.06 bits per heavy atom. The van der Waals surface area contributed by atoms with Crippen molar-refractivity contribution in [3.8, 4) is 5.75 Å². The second-order valence-electron chi connectivity index (χ2n) is 8.02. The maximum absolute atomic E-state index is 12.7. The molecule has 32 heavy (non-hydrogen) atoms. The van der Waals surface area contributed by atoms with Gasteiger partial charge in [0, 0.05) is 11.4 Å². The molecule has 3 rings (SSSR count). The molecule has 0 heterocycles. The van der Waals surface area contributed by atoms with E-state index >= 15 is 0 Å². The molecular weight excluding hydrogens is 424 g/mol. The molecule has 1 unspecified atom stereocenters. The van der Waals surface area contributed by atoms with Gasteiger partial charge in [0.15, 0.2) is 6.10 Å². The van der Waals surface area contributed by atoms with Gasteiger partial charge in [0.25, 0.3) is 15.9 Å². The highest BCUT2D eigenvalue weighted by molar-refractivity contribution is 7.92. The first-order valence-corrected chi connectivity index (χ1v) is 11.8. The van der Waals surface area contributed by atoms with Gasteiger partial charge in [-0.25, -0.2) is 8.42 Å². The van der Waals surface area contributed by atoms with E-state index in [-0.39, 0.29) is 10.8 Å². The number of nitrogens with one attached hydrogen (secondary N) is 2. The van der Waals surface area contributed by atoms with Crippen LogP contribution in [0, 0.1) is 27.7 Å². The molecule has 0 bridgehead atoms. The number of amides is 1. The summed E-state index contributed by atoms with van der Waals surface area (Å²) in [7, 11) is -3.75. The lowest BCUT2D eigenvalue weighted by molar-refractivity contribution is -0.122. The molecule has 168 valence electrons. The molecule has 1 atom stereocenters. The van der Waals surface area contributed by atoms with Crippen LogP contribution in [-0.4, -0.2) is 20.4 Å². The van der Waals surface area contributed by atoms with Gasteiger partial charge in [-0.2, -0.15) is 0 Å². The van der Waals surface area contributed by atoms with Crippen molar-refractivity contribution in [3.63, 3.8) is 0 Å². The molecule has 0 aliphatic carbocycles. The average molecular weight is 453 g/mol. The normalized spacial score (nSPS) is 12.2. The molecule has 2 N–H and O–H groups in total. The molecule has 0 spiro atoms. The molecule has 0 saturated heterocycles. The van der Waals surface area contributed by atoms with Gasteiger partial charge < -0.3 is 10.1 Å². The number of hydrogen-bond acceptors (Lipinski definition) is 4. The maximum Gasteiger partial charge on any atom is 0.265 e. The summed E-state index contributed by atoms with van der Waals surface area (Å²) in [4.78, 5) is 12.6. The van der Waals surface area contributed by atoms with Crippen molar-refractivity contribution in [3.05, 3.63) is 82.9 Å². The van der Waals surface area contributed by atoms with E-state index in [4.69, 9.17) is 4.74 Å². The molecule has 0 aromatic heterocycles. The lowest BCUT2D eigenvalue weighted by Crippen LogP contribution is -2.30. The van der Waals surface area contributed by atoms with Gasteiger partial charge >= 0.3 is 0 Å². The number of ether oxygens (including phenoxy) is 1. The number of anilines is 2. The zero-order chi connectivity index (χ0) is 23.5. The second-order valence-corrected chi connectivity index (χ2v) is 9.71. The fourth-order valence-electron chi connectivity index (χ4n) is 3.29. The SMILES string of the molecule is Cc1cc(C)cc(NS(=O)(=O)c2ccc(NC(=O)C(C)Oc3cc(C)ccc3C)cc2)c1. The minimum atomic E-state index is -3.75. The lowest BCUT2D eigenvalue weighted by atomic mass is 10.1. The van der Waals surface area contributed by atoms with Crippen molar-refractivity contribution in [2.75, 3.05) is 10.0 Å². The molecule has 0 aliphatic heterocycles. The van der Waals surface area contributed by atoms with Gasteiger partial charge in [0.1, 0.15) is 5.75 Å². The molecule has 0 saturated carbocycles. The molecule has 1 amide bonds. The zero-order valence-corrected chi connectivity index (χ0v) is 19.7. The number of aryl methyl sites for hydroxylation is 4. The Labute approximate surface area is 189 Å². The van der Waals surface area contributed by atoms with Gasteiger partial charge in [0.05, 0.1) is 4.90 Å². The molecule has 3 aromatic rings. The molecular formula is C25H28N2O4S. The summed E-state index contributed by atoms with van der Waals surface area (Å²) in [5.41, 5.74) is 4.93. The van der Waals surface area contributed by atoms with E-state index < -0.39 is 16.1 Å². The zero-order valence-electron chi connectivity index (χ0n) is 18.9. The van der Waals surface area contributed by atoms with Crippen LogP contribution in [-0.2, 0) is 14.8 Å². The largest absolute Gasteiger partial charge is 0.481 e. The van der Waals surface area contributed by atoms with Crippen LogP contribution >= 0.6 is 0 Å². The van der Waals surface area contributed by atoms with E-state index in [1.807, 2.05) is 52.0 Å².